The van der Waals surface area contributed by atoms with Crippen molar-refractivity contribution in [1.82, 2.24) is 35.3 Å². The number of tetrazole rings is 1. The molecule has 22 heavy (non-hydrogen) atoms. The Hall–Kier alpha value is -2.84. The monoisotopic (exact) mass is 298 g/mol. The van der Waals surface area contributed by atoms with Gasteiger partial charge in [-0.05, 0) is 5.21 Å². The lowest BCUT2D eigenvalue weighted by Gasteiger charge is -2.31. The Labute approximate surface area is 126 Å². The second-order valence-corrected chi connectivity index (χ2v) is 5.23. The van der Waals surface area contributed by atoms with Crippen LogP contribution >= 0.6 is 0 Å². The first-order valence-corrected chi connectivity index (χ1v) is 7.24. The zero-order chi connectivity index (χ0) is 14.8. The summed E-state index contributed by atoms with van der Waals surface area (Å²) in [6, 6.07) is 0.399. The zero-order valence-electron chi connectivity index (χ0n) is 11.9. The van der Waals surface area contributed by atoms with Gasteiger partial charge in [-0.1, -0.05) is 0 Å². The lowest BCUT2D eigenvalue weighted by atomic mass is 10.1. The normalized spacial score (nSPS) is 16.1. The van der Waals surface area contributed by atoms with Gasteiger partial charge in [0.05, 0.1) is 6.20 Å². The third-order valence-electron chi connectivity index (χ3n) is 4.01. The summed E-state index contributed by atoms with van der Waals surface area (Å²) in [7, 11) is 0. The average Bonchev–Trinajstić information content (AvgIpc) is 3.29. The van der Waals surface area contributed by atoms with Crippen molar-refractivity contribution in [3.05, 3.63) is 37.3 Å². The van der Waals surface area contributed by atoms with Gasteiger partial charge in [0.1, 0.15) is 12.5 Å². The van der Waals surface area contributed by atoms with Gasteiger partial charge in [-0.2, -0.15) is 9.78 Å². The topological polar surface area (TPSA) is 92.3 Å². The van der Waals surface area contributed by atoms with Gasteiger partial charge in [0.25, 0.3) is 11.5 Å². The van der Waals surface area contributed by atoms with E-state index in [1.54, 1.807) is 18.6 Å². The second kappa shape index (κ2) is 5.51. The molecule has 112 valence electrons. The first-order valence-electron chi connectivity index (χ1n) is 7.24. The van der Waals surface area contributed by atoms with E-state index >= 15 is 0 Å². The molecular weight excluding hydrogens is 282 g/mol. The predicted octanol–water partition coefficient (Wildman–Crippen LogP) is -0.281. The van der Waals surface area contributed by atoms with E-state index in [0.29, 0.717) is 11.9 Å². The summed E-state index contributed by atoms with van der Waals surface area (Å²) in [6.07, 6.45) is 13.3. The van der Waals surface area contributed by atoms with E-state index in [4.69, 9.17) is 0 Å². The highest BCUT2D eigenvalue weighted by atomic mass is 15.5. The highest BCUT2D eigenvalue weighted by Crippen LogP contribution is 2.19. The van der Waals surface area contributed by atoms with Crippen LogP contribution in [0.5, 0.6) is 0 Å². The molecule has 0 bridgehead atoms. The van der Waals surface area contributed by atoms with Crippen LogP contribution in [0.1, 0.15) is 18.9 Å². The maximum Gasteiger partial charge on any atom is 0.272 e. The molecule has 4 heterocycles. The summed E-state index contributed by atoms with van der Waals surface area (Å²) < 4.78 is 4.25. The number of rotatable bonds is 3. The average molecular weight is 298 g/mol. The molecule has 9 nitrogen and oxygen atoms in total. The first-order chi connectivity index (χ1) is 10.9. The molecule has 3 aromatic heterocycles. The molecular formula is C13H16N9+. The fraction of sp³-hybridized carbons (Fsp3) is 0.385. The van der Waals surface area contributed by atoms with Crippen molar-refractivity contribution in [3.63, 3.8) is 0 Å². The Balaban J connectivity index is 1.55. The first kappa shape index (κ1) is 12.9. The third kappa shape index (κ3) is 2.30. The van der Waals surface area contributed by atoms with Gasteiger partial charge in [0.2, 0.25) is 0 Å². The number of aromatic nitrogens is 8. The number of hydrogen-bond acceptors (Lipinski definition) is 6. The van der Waals surface area contributed by atoms with Crippen molar-refractivity contribution >= 4 is 0 Å². The van der Waals surface area contributed by atoms with E-state index in [-0.39, 0.29) is 0 Å². The third-order valence-corrected chi connectivity index (χ3v) is 4.01. The number of hydrogen-bond donors (Lipinski definition) is 1. The molecule has 9 heteroatoms. The van der Waals surface area contributed by atoms with Crippen LogP contribution in [-0.2, 0) is 0 Å². The fourth-order valence-corrected chi connectivity index (χ4v) is 2.91. The van der Waals surface area contributed by atoms with E-state index in [2.05, 4.69) is 40.2 Å². The van der Waals surface area contributed by atoms with Crippen LogP contribution < -0.4 is 9.58 Å². The molecule has 1 fully saturated rings. The highest BCUT2D eigenvalue weighted by molar-refractivity contribution is 5.40. The number of H-pyrrole nitrogens is 1. The van der Waals surface area contributed by atoms with Crippen LogP contribution in [0.15, 0.2) is 37.3 Å². The summed E-state index contributed by atoms with van der Waals surface area (Å²) in [5.41, 5.74) is 0.886. The lowest BCUT2D eigenvalue weighted by molar-refractivity contribution is -0.715. The van der Waals surface area contributed by atoms with Gasteiger partial charge in [0.15, 0.2) is 12.2 Å². The molecule has 1 saturated heterocycles. The van der Waals surface area contributed by atoms with Crippen molar-refractivity contribution in [2.24, 2.45) is 0 Å². The van der Waals surface area contributed by atoms with E-state index < -0.39 is 0 Å². The van der Waals surface area contributed by atoms with Crippen molar-refractivity contribution in [1.29, 1.82) is 0 Å². The molecule has 3 aromatic rings. The minimum atomic E-state index is 0.399. The number of nitrogens with zero attached hydrogens (tertiary/aromatic N) is 8. The van der Waals surface area contributed by atoms with Crippen LogP contribution in [0.25, 0.3) is 11.5 Å². The summed E-state index contributed by atoms with van der Waals surface area (Å²) in [5.74, 6) is 0.574. The van der Waals surface area contributed by atoms with Crippen molar-refractivity contribution < 1.29 is 4.57 Å². The summed E-state index contributed by atoms with van der Waals surface area (Å²) in [6.45, 7) is 1.95. The van der Waals surface area contributed by atoms with Crippen LogP contribution in [0.2, 0.25) is 0 Å². The van der Waals surface area contributed by atoms with Gasteiger partial charge in [0, 0.05) is 38.3 Å². The molecule has 0 saturated carbocycles. The molecule has 0 aromatic carbocycles. The predicted molar refractivity (Wildman–Crippen MR) is 76.1 cm³/mol. The van der Waals surface area contributed by atoms with E-state index in [1.165, 1.54) is 0 Å². The van der Waals surface area contributed by atoms with Crippen LogP contribution in [0.4, 0.5) is 0 Å². The van der Waals surface area contributed by atoms with E-state index in [0.717, 1.165) is 31.6 Å². The number of aromatic amines is 1. The minimum absolute atomic E-state index is 0.399. The quantitative estimate of drug-likeness (QED) is 0.669. The molecule has 0 aliphatic carbocycles. The van der Waals surface area contributed by atoms with Crippen LogP contribution in [-0.4, -0.2) is 48.4 Å². The molecule has 0 spiro atoms. The van der Waals surface area contributed by atoms with Crippen molar-refractivity contribution in [2.75, 3.05) is 18.1 Å². The highest BCUT2D eigenvalue weighted by Gasteiger charge is 2.30. The molecule has 0 unspecified atom stereocenters. The zero-order valence-corrected chi connectivity index (χ0v) is 11.9. The molecule has 1 aliphatic rings. The van der Waals surface area contributed by atoms with Gasteiger partial charge in [-0.15, -0.1) is 10.2 Å². The Bertz CT molecular complexity index is 714. The maximum absolute atomic E-state index is 4.19. The summed E-state index contributed by atoms with van der Waals surface area (Å²) in [5, 5.41) is 16.6. The van der Waals surface area contributed by atoms with Crippen molar-refractivity contribution in [2.45, 2.75) is 18.9 Å². The van der Waals surface area contributed by atoms with Crippen LogP contribution in [0.3, 0.4) is 0 Å². The number of imidazole rings is 1. The number of piperidine rings is 1. The Morgan fingerprint density at radius 3 is 2.82 bits per heavy atom. The molecule has 0 amide bonds. The van der Waals surface area contributed by atoms with E-state index in [1.807, 2.05) is 23.4 Å². The Kier molecular flexibility index (Phi) is 3.22. The summed E-state index contributed by atoms with van der Waals surface area (Å²) >= 11 is 0. The van der Waals surface area contributed by atoms with Gasteiger partial charge >= 0.3 is 0 Å². The molecule has 0 radical (unpaired) electrons. The summed E-state index contributed by atoms with van der Waals surface area (Å²) in [4.78, 5) is 8.29. The lowest BCUT2D eigenvalue weighted by Crippen LogP contribution is -2.50. The van der Waals surface area contributed by atoms with Crippen LogP contribution in [0, 0.1) is 0 Å². The van der Waals surface area contributed by atoms with Gasteiger partial charge in [-0.25, -0.2) is 4.98 Å². The largest absolute Gasteiger partial charge is 0.311 e. The van der Waals surface area contributed by atoms with Gasteiger partial charge < -0.3 is 5.01 Å². The number of nitrogens with one attached hydrogen (secondary N) is 1. The van der Waals surface area contributed by atoms with Crippen molar-refractivity contribution in [3.8, 4) is 11.5 Å². The van der Waals surface area contributed by atoms with E-state index in [9.17, 15) is 0 Å². The SMILES string of the molecule is c1c[n+](C2CCN(n3ccnc3)CC2)c(-c2nn[nH]n2)cn1. The maximum atomic E-state index is 4.19. The minimum Gasteiger partial charge on any atom is -0.311 e. The molecule has 0 atom stereocenters. The molecule has 4 rings (SSSR count). The standard InChI is InChI=1S/C13H15N9/c1-5-20(21-7-3-15-10-21)6-2-11(1)22-8-4-14-9-12(22)13-16-18-19-17-13/h3-4,7-11H,1-2,5-6H2/p+1. The Morgan fingerprint density at radius 2 is 2.09 bits per heavy atom. The Morgan fingerprint density at radius 1 is 1.18 bits per heavy atom. The molecule has 1 aliphatic heterocycles. The second-order valence-electron chi connectivity index (χ2n) is 5.23. The fourth-order valence-electron chi connectivity index (χ4n) is 2.91. The van der Waals surface area contributed by atoms with Gasteiger partial charge in [-0.3, -0.25) is 9.66 Å². The molecule has 1 N–H and O–H groups in total. The smallest absolute Gasteiger partial charge is 0.272 e.